The number of benzene rings is 1. The molecule has 0 fully saturated rings. The van der Waals surface area contributed by atoms with Gasteiger partial charge in [-0.1, -0.05) is 41.4 Å². The van der Waals surface area contributed by atoms with E-state index in [1.54, 1.807) is 29.0 Å². The second-order valence-electron chi connectivity index (χ2n) is 4.75. The van der Waals surface area contributed by atoms with E-state index in [1.165, 1.54) is 6.92 Å². The number of H-pyrrole nitrogens is 1. The predicted molar refractivity (Wildman–Crippen MR) is 86.9 cm³/mol. The Labute approximate surface area is 131 Å². The average molecular weight is 319 g/mol. The van der Waals surface area contributed by atoms with Gasteiger partial charge in [0.2, 0.25) is 5.91 Å². The van der Waals surface area contributed by atoms with E-state index >= 15 is 0 Å². The number of pyridine rings is 1. The molecule has 1 aromatic rings. The van der Waals surface area contributed by atoms with E-state index < -0.39 is 0 Å². The number of nitrogens with zero attached hydrogens (tertiary/aromatic N) is 1. The zero-order valence-corrected chi connectivity index (χ0v) is 12.7. The Bertz CT molecular complexity index is 862. The monoisotopic (exact) mass is 318 g/mol. The van der Waals surface area contributed by atoms with E-state index in [0.717, 1.165) is 22.0 Å². The minimum Gasteiger partial charge on any atom is -0.352 e. The summed E-state index contributed by atoms with van der Waals surface area (Å²) in [5.74, 6) is -0.0938. The van der Waals surface area contributed by atoms with Crippen molar-refractivity contribution < 1.29 is 4.79 Å². The predicted octanol–water partition coefficient (Wildman–Crippen LogP) is 5.17. The fraction of sp³-hybridized carbons (Fsp3) is 0.0625. The molecule has 5 heteroatoms. The maximum absolute atomic E-state index is 12.0. The molecule has 0 saturated heterocycles. The van der Waals surface area contributed by atoms with Gasteiger partial charge in [-0.05, 0) is 29.1 Å². The van der Waals surface area contributed by atoms with Crippen LogP contribution in [-0.4, -0.2) is 15.5 Å². The zero-order chi connectivity index (χ0) is 15.0. The first-order valence-electron chi connectivity index (χ1n) is 6.38. The van der Waals surface area contributed by atoms with Crippen molar-refractivity contribution in [3.05, 3.63) is 59.0 Å². The third kappa shape index (κ3) is 2.75. The molecule has 2 heterocycles. The fourth-order valence-corrected chi connectivity index (χ4v) is 2.60. The molecule has 106 valence electrons. The molecule has 0 atom stereocenters. The number of hydrogen-bond donors (Lipinski definition) is 1. The smallest absolute Gasteiger partial charge is 0.227 e. The number of aromatic amines is 1. The number of carbonyl (C=O) groups excluding carboxylic acids is 1. The van der Waals surface area contributed by atoms with Crippen LogP contribution in [-0.2, 0) is 0 Å². The Morgan fingerprint density at radius 2 is 1.86 bits per heavy atom. The first kappa shape index (κ1) is 14.0. The third-order valence-electron chi connectivity index (χ3n) is 3.28. The van der Waals surface area contributed by atoms with Crippen molar-refractivity contribution >= 4 is 40.0 Å². The average Bonchev–Trinajstić information content (AvgIpc) is 2.42. The molecule has 0 saturated carbocycles. The highest BCUT2D eigenvalue weighted by Gasteiger charge is 2.06. The molecule has 0 aromatic heterocycles. The van der Waals surface area contributed by atoms with Gasteiger partial charge in [0.1, 0.15) is 5.15 Å². The molecule has 2 aliphatic rings. The number of fused-ring (bicyclic) bond motifs is 2. The van der Waals surface area contributed by atoms with Crippen LogP contribution in [0.3, 0.4) is 0 Å². The summed E-state index contributed by atoms with van der Waals surface area (Å²) in [5, 5.41) is 2.02. The summed E-state index contributed by atoms with van der Waals surface area (Å²) < 4.78 is 1.58. The van der Waals surface area contributed by atoms with Crippen molar-refractivity contribution in [3.63, 3.8) is 0 Å². The minimum absolute atomic E-state index is 0.0938. The number of rotatable bonds is 0. The highest BCUT2D eigenvalue weighted by molar-refractivity contribution is 6.31. The van der Waals surface area contributed by atoms with Gasteiger partial charge in [-0.3, -0.25) is 9.36 Å². The van der Waals surface area contributed by atoms with Gasteiger partial charge in [0.25, 0.3) is 0 Å². The molecule has 3 rings (SSSR count). The van der Waals surface area contributed by atoms with Crippen LogP contribution in [0.1, 0.15) is 11.7 Å². The number of halogens is 2. The van der Waals surface area contributed by atoms with Crippen LogP contribution in [0, 0.1) is 0 Å². The van der Waals surface area contributed by atoms with Crippen molar-refractivity contribution in [1.82, 2.24) is 9.55 Å². The van der Waals surface area contributed by atoms with Crippen LogP contribution < -0.4 is 0 Å². The van der Waals surface area contributed by atoms with Gasteiger partial charge in [0.05, 0.1) is 5.52 Å². The van der Waals surface area contributed by atoms with E-state index in [2.05, 4.69) is 4.98 Å². The SMILES string of the molecule is CC(=O)n1cc2cc(Cl)[nH]cc-2ccc2ccc(Cl)cc21. The number of hydrogen-bond acceptors (Lipinski definition) is 1. The van der Waals surface area contributed by atoms with Crippen LogP contribution in [0.5, 0.6) is 0 Å². The molecule has 1 N–H and O–H groups in total. The van der Waals surface area contributed by atoms with Crippen LogP contribution in [0.4, 0.5) is 0 Å². The molecule has 21 heavy (non-hydrogen) atoms. The van der Waals surface area contributed by atoms with Crippen molar-refractivity contribution in [2.45, 2.75) is 6.92 Å². The van der Waals surface area contributed by atoms with Gasteiger partial charge in [-0.2, -0.15) is 0 Å². The Morgan fingerprint density at radius 1 is 1.10 bits per heavy atom. The van der Waals surface area contributed by atoms with Crippen molar-refractivity contribution in [2.75, 3.05) is 0 Å². The number of carbonyl (C=O) groups is 1. The maximum atomic E-state index is 12.0. The van der Waals surface area contributed by atoms with Gasteiger partial charge >= 0.3 is 0 Å². The topological polar surface area (TPSA) is 37.8 Å². The fourth-order valence-electron chi connectivity index (χ4n) is 2.26. The van der Waals surface area contributed by atoms with Gasteiger partial charge in [-0.15, -0.1) is 0 Å². The van der Waals surface area contributed by atoms with E-state index in [0.29, 0.717) is 10.2 Å². The molecule has 0 aliphatic carbocycles. The van der Waals surface area contributed by atoms with Crippen LogP contribution in [0.15, 0.2) is 48.8 Å². The van der Waals surface area contributed by atoms with Crippen molar-refractivity contribution in [3.8, 4) is 11.1 Å². The lowest BCUT2D eigenvalue weighted by molar-refractivity contribution is 0.0941. The number of aromatic nitrogens is 2. The Morgan fingerprint density at radius 3 is 2.62 bits per heavy atom. The summed E-state index contributed by atoms with van der Waals surface area (Å²) in [4.78, 5) is 15.0. The summed E-state index contributed by atoms with van der Waals surface area (Å²) in [5.41, 5.74) is 2.56. The van der Waals surface area contributed by atoms with E-state index in [4.69, 9.17) is 23.2 Å². The maximum Gasteiger partial charge on any atom is 0.227 e. The van der Waals surface area contributed by atoms with Crippen LogP contribution >= 0.6 is 23.2 Å². The Hall–Kier alpha value is -1.97. The minimum atomic E-state index is -0.0938. The van der Waals surface area contributed by atoms with Gasteiger partial charge in [0.15, 0.2) is 0 Å². The first-order chi connectivity index (χ1) is 10.0. The highest BCUT2D eigenvalue weighted by Crippen LogP contribution is 2.25. The van der Waals surface area contributed by atoms with Crippen molar-refractivity contribution in [2.24, 2.45) is 0 Å². The Balaban J connectivity index is 2.51. The van der Waals surface area contributed by atoms with Gasteiger partial charge in [0, 0.05) is 29.9 Å². The third-order valence-corrected chi connectivity index (χ3v) is 3.74. The summed E-state index contributed by atoms with van der Waals surface area (Å²) in [6.45, 7) is 1.52. The second kappa shape index (κ2) is 5.43. The van der Waals surface area contributed by atoms with Crippen LogP contribution in [0.2, 0.25) is 10.2 Å². The molecule has 0 radical (unpaired) electrons. The standard InChI is InChI=1S/C16H12Cl2N2O/c1-10(21)20-9-13-6-16(18)19-8-12(13)3-2-11-4-5-14(17)7-15(11)20/h2-9,19H,1H3. The lowest BCUT2D eigenvalue weighted by Crippen LogP contribution is -2.06. The molecule has 0 spiro atoms. The van der Waals surface area contributed by atoms with E-state index in [-0.39, 0.29) is 5.91 Å². The molecule has 0 unspecified atom stereocenters. The lowest BCUT2D eigenvalue weighted by atomic mass is 10.1. The van der Waals surface area contributed by atoms with Crippen LogP contribution in [0.25, 0.3) is 22.0 Å². The second-order valence-corrected chi connectivity index (χ2v) is 5.59. The van der Waals surface area contributed by atoms with Gasteiger partial charge < -0.3 is 4.98 Å². The molecule has 3 nitrogen and oxygen atoms in total. The molecule has 0 bridgehead atoms. The first-order valence-corrected chi connectivity index (χ1v) is 7.14. The molecular weight excluding hydrogens is 307 g/mol. The normalized spacial score (nSPS) is 10.8. The highest BCUT2D eigenvalue weighted by atomic mass is 35.5. The van der Waals surface area contributed by atoms with Crippen molar-refractivity contribution in [1.29, 1.82) is 0 Å². The molecular formula is C16H12Cl2N2O. The van der Waals surface area contributed by atoms with Gasteiger partial charge in [-0.25, -0.2) is 0 Å². The lowest BCUT2D eigenvalue weighted by Gasteiger charge is -2.10. The summed E-state index contributed by atoms with van der Waals surface area (Å²) in [6.07, 6.45) is 3.58. The molecule has 2 aliphatic heterocycles. The number of nitrogens with one attached hydrogen (secondary N) is 1. The molecule has 1 aromatic carbocycles. The summed E-state index contributed by atoms with van der Waals surface area (Å²) >= 11 is 12.1. The van der Waals surface area contributed by atoms with E-state index in [9.17, 15) is 4.79 Å². The van der Waals surface area contributed by atoms with E-state index in [1.807, 2.05) is 24.4 Å². The Kier molecular flexibility index (Phi) is 3.62. The largest absolute Gasteiger partial charge is 0.352 e. The zero-order valence-electron chi connectivity index (χ0n) is 11.2. The summed E-state index contributed by atoms with van der Waals surface area (Å²) in [7, 11) is 0. The summed E-state index contributed by atoms with van der Waals surface area (Å²) in [6, 6.07) is 11.2. The molecule has 0 amide bonds. The quantitative estimate of drug-likeness (QED) is 0.571.